The molecule has 2 heteroatoms. The number of hydrogen-bond acceptors (Lipinski definition) is 1. The molecule has 0 aliphatic carbocycles. The summed E-state index contributed by atoms with van der Waals surface area (Å²) >= 11 is 0. The van der Waals surface area contributed by atoms with Crippen LogP contribution < -0.4 is 10.1 Å². The third-order valence-electron chi connectivity index (χ3n) is 3.46. The molecule has 73 valence electrons. The van der Waals surface area contributed by atoms with Crippen LogP contribution in [-0.4, -0.2) is 19.7 Å². The molecule has 1 aromatic rings. The van der Waals surface area contributed by atoms with E-state index in [2.05, 4.69) is 23.5 Å². The first-order valence-electron chi connectivity index (χ1n) is 5.26. The lowest BCUT2D eigenvalue weighted by Gasteiger charge is -2.31. The minimum atomic E-state index is 0.290. The van der Waals surface area contributed by atoms with Gasteiger partial charge in [0.15, 0.2) is 0 Å². The summed E-state index contributed by atoms with van der Waals surface area (Å²) in [6, 6.07) is 8.45. The van der Waals surface area contributed by atoms with Crippen molar-refractivity contribution in [2.24, 2.45) is 0 Å². The maximum Gasteiger partial charge on any atom is 0.123 e. The number of piperidine rings is 1. The molecule has 0 bridgehead atoms. The van der Waals surface area contributed by atoms with Gasteiger partial charge in [0.1, 0.15) is 5.75 Å². The molecule has 14 heavy (non-hydrogen) atoms. The Morgan fingerprint density at radius 1 is 1.14 bits per heavy atom. The van der Waals surface area contributed by atoms with E-state index in [-0.39, 0.29) is 0 Å². The number of benzene rings is 1. The van der Waals surface area contributed by atoms with Gasteiger partial charge in [-0.25, -0.2) is 5.32 Å². The van der Waals surface area contributed by atoms with Crippen molar-refractivity contribution in [2.75, 3.05) is 19.7 Å². The minimum absolute atomic E-state index is 0.290. The normalized spacial score (nSPS) is 23.1. The van der Waals surface area contributed by atoms with Crippen LogP contribution in [0, 0.1) is 0 Å². The van der Waals surface area contributed by atoms with Gasteiger partial charge in [-0.05, 0) is 18.9 Å². The topological polar surface area (TPSA) is 23.3 Å². The quantitative estimate of drug-likeness (QED) is 0.608. The Labute approximate surface area is 84.3 Å². The van der Waals surface area contributed by atoms with Gasteiger partial charge < -0.3 is 4.74 Å². The van der Waals surface area contributed by atoms with Crippen molar-refractivity contribution < 1.29 is 4.74 Å². The Morgan fingerprint density at radius 2 is 1.93 bits per heavy atom. The maximum absolute atomic E-state index is 5.75. The second-order valence-electron chi connectivity index (χ2n) is 4.24. The monoisotopic (exact) mass is 188 g/mol. The van der Waals surface area contributed by atoms with Crippen LogP contribution in [0.1, 0.15) is 18.4 Å². The van der Waals surface area contributed by atoms with Crippen LogP contribution in [0.25, 0.3) is 0 Å². The second-order valence-corrected chi connectivity index (χ2v) is 4.24. The molecule has 1 radical (unpaired) electrons. The summed E-state index contributed by atoms with van der Waals surface area (Å²) in [6.07, 6.45) is 2.31. The fourth-order valence-corrected chi connectivity index (χ4v) is 2.56. The van der Waals surface area contributed by atoms with E-state index < -0.39 is 0 Å². The highest BCUT2D eigenvalue weighted by Gasteiger charge is 2.41. The molecular formula is C12H14NO. The highest BCUT2D eigenvalue weighted by atomic mass is 16.5. The summed E-state index contributed by atoms with van der Waals surface area (Å²) < 4.78 is 5.75. The zero-order valence-corrected chi connectivity index (χ0v) is 8.20. The first-order chi connectivity index (χ1) is 6.91. The molecule has 0 unspecified atom stereocenters. The zero-order valence-electron chi connectivity index (χ0n) is 8.20. The molecule has 0 aromatic heterocycles. The molecule has 1 aromatic carbocycles. The predicted octanol–water partition coefficient (Wildman–Crippen LogP) is 1.71. The molecule has 0 saturated carbocycles. The molecule has 2 heterocycles. The molecule has 2 aliphatic heterocycles. The van der Waals surface area contributed by atoms with E-state index in [1.54, 1.807) is 0 Å². The summed E-state index contributed by atoms with van der Waals surface area (Å²) in [6.45, 7) is 2.86. The minimum Gasteiger partial charge on any atom is -0.492 e. The first kappa shape index (κ1) is 8.30. The van der Waals surface area contributed by atoms with Crippen molar-refractivity contribution >= 4 is 0 Å². The number of para-hydroxylation sites is 1. The second kappa shape index (κ2) is 2.99. The SMILES string of the molecule is c1ccc2c(c1)OCC21CC[N]CC1. The van der Waals surface area contributed by atoms with Gasteiger partial charge >= 0.3 is 0 Å². The molecule has 2 nitrogen and oxygen atoms in total. The van der Waals surface area contributed by atoms with Crippen LogP contribution in [0.15, 0.2) is 24.3 Å². The Bertz CT molecular complexity index is 336. The fraction of sp³-hybridized carbons (Fsp3) is 0.500. The zero-order chi connectivity index (χ0) is 9.43. The van der Waals surface area contributed by atoms with Gasteiger partial charge in [-0.3, -0.25) is 0 Å². The number of ether oxygens (including phenoxy) is 1. The third kappa shape index (κ3) is 1.07. The van der Waals surface area contributed by atoms with E-state index in [9.17, 15) is 0 Å². The number of rotatable bonds is 0. The van der Waals surface area contributed by atoms with Gasteiger partial charge in [-0.1, -0.05) is 18.2 Å². The van der Waals surface area contributed by atoms with E-state index in [1.807, 2.05) is 6.07 Å². The summed E-state index contributed by atoms with van der Waals surface area (Å²) in [5.41, 5.74) is 1.70. The molecule has 0 amide bonds. The highest BCUT2D eigenvalue weighted by Crippen LogP contribution is 2.44. The van der Waals surface area contributed by atoms with Gasteiger partial charge in [0.2, 0.25) is 0 Å². The summed E-state index contributed by atoms with van der Waals surface area (Å²) in [5.74, 6) is 1.09. The molecule has 3 rings (SSSR count). The first-order valence-corrected chi connectivity index (χ1v) is 5.26. The Balaban J connectivity index is 2.03. The molecule has 1 spiro atoms. The van der Waals surface area contributed by atoms with Crippen molar-refractivity contribution in [1.82, 2.24) is 5.32 Å². The predicted molar refractivity (Wildman–Crippen MR) is 54.7 cm³/mol. The third-order valence-corrected chi connectivity index (χ3v) is 3.46. The van der Waals surface area contributed by atoms with Crippen LogP contribution >= 0.6 is 0 Å². The maximum atomic E-state index is 5.75. The van der Waals surface area contributed by atoms with Crippen LogP contribution in [0.3, 0.4) is 0 Å². The lowest BCUT2D eigenvalue weighted by molar-refractivity contribution is 0.219. The number of hydrogen-bond donors (Lipinski definition) is 0. The average molecular weight is 188 g/mol. The molecule has 2 aliphatic rings. The number of nitrogens with zero attached hydrogens (tertiary/aromatic N) is 1. The van der Waals surface area contributed by atoms with Crippen molar-refractivity contribution in [2.45, 2.75) is 18.3 Å². The van der Waals surface area contributed by atoms with Crippen LogP contribution in [0.5, 0.6) is 5.75 Å². The van der Waals surface area contributed by atoms with Crippen LogP contribution in [0.4, 0.5) is 0 Å². The Morgan fingerprint density at radius 3 is 2.79 bits per heavy atom. The van der Waals surface area contributed by atoms with Crippen LogP contribution in [0.2, 0.25) is 0 Å². The van der Waals surface area contributed by atoms with Crippen molar-refractivity contribution in [1.29, 1.82) is 0 Å². The van der Waals surface area contributed by atoms with Crippen LogP contribution in [-0.2, 0) is 5.41 Å². The molecular weight excluding hydrogens is 174 g/mol. The lowest BCUT2D eigenvalue weighted by Crippen LogP contribution is -2.38. The fourth-order valence-electron chi connectivity index (χ4n) is 2.56. The van der Waals surface area contributed by atoms with Crippen molar-refractivity contribution in [3.05, 3.63) is 29.8 Å². The summed E-state index contributed by atoms with van der Waals surface area (Å²) in [5, 5.41) is 4.41. The van der Waals surface area contributed by atoms with Crippen molar-refractivity contribution in [3.63, 3.8) is 0 Å². The Kier molecular flexibility index (Phi) is 1.77. The van der Waals surface area contributed by atoms with E-state index >= 15 is 0 Å². The standard InChI is InChI=1S/C12H14NO/c1-2-4-11-10(3-1)12(9-14-11)5-7-13-8-6-12/h1-4H,5-9H2. The van der Waals surface area contributed by atoms with E-state index in [1.165, 1.54) is 5.56 Å². The van der Waals surface area contributed by atoms with Gasteiger partial charge in [-0.15, -0.1) is 0 Å². The summed E-state index contributed by atoms with van der Waals surface area (Å²) in [4.78, 5) is 0. The average Bonchev–Trinajstić information content (AvgIpc) is 2.60. The largest absolute Gasteiger partial charge is 0.492 e. The highest BCUT2D eigenvalue weighted by molar-refractivity contribution is 5.43. The van der Waals surface area contributed by atoms with Gasteiger partial charge in [-0.2, -0.15) is 0 Å². The molecule has 0 atom stereocenters. The van der Waals surface area contributed by atoms with E-state index in [0.29, 0.717) is 5.41 Å². The molecule has 1 saturated heterocycles. The molecule has 1 fully saturated rings. The van der Waals surface area contributed by atoms with Gasteiger partial charge in [0, 0.05) is 24.1 Å². The van der Waals surface area contributed by atoms with Gasteiger partial charge in [0.05, 0.1) is 6.61 Å². The molecule has 0 N–H and O–H groups in total. The lowest BCUT2D eigenvalue weighted by atomic mass is 9.75. The van der Waals surface area contributed by atoms with E-state index in [4.69, 9.17) is 4.74 Å². The van der Waals surface area contributed by atoms with Crippen molar-refractivity contribution in [3.8, 4) is 5.75 Å². The van der Waals surface area contributed by atoms with Gasteiger partial charge in [0.25, 0.3) is 0 Å². The Hall–Kier alpha value is -1.02. The van der Waals surface area contributed by atoms with E-state index in [0.717, 1.165) is 38.3 Å². The summed E-state index contributed by atoms with van der Waals surface area (Å²) in [7, 11) is 0. The smallest absolute Gasteiger partial charge is 0.123 e. The number of fused-ring (bicyclic) bond motifs is 2.